The van der Waals surface area contributed by atoms with Crippen molar-refractivity contribution in [3.05, 3.63) is 34.1 Å². The van der Waals surface area contributed by atoms with E-state index >= 15 is 0 Å². The number of allylic oxidation sites excluding steroid dienone is 3. The molecule has 1 aliphatic carbocycles. The van der Waals surface area contributed by atoms with Crippen LogP contribution in [-0.2, 0) is 0 Å². The average molecular weight is 122 g/mol. The molecule has 0 aliphatic heterocycles. The van der Waals surface area contributed by atoms with Crippen molar-refractivity contribution in [2.75, 3.05) is 0 Å². The fraction of sp³-hybridized carbons (Fsp3) is 0.143. The molecule has 1 rings (SSSR count). The molecule has 0 aromatic rings. The molecule has 0 bridgehead atoms. The van der Waals surface area contributed by atoms with Crippen molar-refractivity contribution >= 4 is 12.6 Å². The van der Waals surface area contributed by atoms with Gasteiger partial charge in [0.05, 0.1) is 4.91 Å². The molecule has 0 aromatic carbocycles. The lowest BCUT2D eigenvalue weighted by molar-refractivity contribution is 1.53. The van der Waals surface area contributed by atoms with Crippen LogP contribution < -0.4 is 0 Å². The highest BCUT2D eigenvalue weighted by molar-refractivity contribution is 7.84. The van der Waals surface area contributed by atoms with Crippen LogP contribution in [0.4, 0.5) is 0 Å². The molecule has 0 N–H and O–H groups in total. The monoisotopic (exact) mass is 122 g/mol. The van der Waals surface area contributed by atoms with E-state index in [1.54, 1.807) is 0 Å². The lowest BCUT2D eigenvalue weighted by Gasteiger charge is -1.87. The quantitative estimate of drug-likeness (QED) is 0.369. The van der Waals surface area contributed by atoms with Crippen molar-refractivity contribution in [2.24, 2.45) is 0 Å². The second kappa shape index (κ2) is 2.11. The highest BCUT2D eigenvalue weighted by Gasteiger charge is 1.83. The normalized spacial score (nSPS) is 15.8. The van der Waals surface area contributed by atoms with E-state index in [9.17, 15) is 0 Å². The van der Waals surface area contributed by atoms with E-state index in [2.05, 4.69) is 24.1 Å². The van der Waals surface area contributed by atoms with Gasteiger partial charge in [-0.2, -0.15) is 0 Å². The molecule has 0 saturated heterocycles. The summed E-state index contributed by atoms with van der Waals surface area (Å²) >= 11 is 4.04. The van der Waals surface area contributed by atoms with Gasteiger partial charge in [-0.15, -0.1) is 12.6 Å². The molecule has 0 amide bonds. The predicted octanol–water partition coefficient (Wildman–Crippen LogP) is 2.07. The van der Waals surface area contributed by atoms with E-state index in [1.807, 2.05) is 19.1 Å². The third kappa shape index (κ3) is 1.18. The zero-order valence-corrected chi connectivity index (χ0v) is 5.50. The number of hydrogen-bond donors (Lipinski definition) is 1. The summed E-state index contributed by atoms with van der Waals surface area (Å²) in [5.74, 6) is 0. The van der Waals surface area contributed by atoms with Crippen LogP contribution in [0, 0.1) is 0 Å². The summed E-state index contributed by atoms with van der Waals surface area (Å²) in [6.07, 6.45) is 3.85. The van der Waals surface area contributed by atoms with Crippen LogP contribution in [0.1, 0.15) is 6.92 Å². The Kier molecular flexibility index (Phi) is 1.45. The second-order valence-corrected chi connectivity index (χ2v) is 2.13. The molecule has 40 valence electrons. The van der Waals surface area contributed by atoms with Crippen LogP contribution in [0.25, 0.3) is 0 Å². The first-order chi connectivity index (χ1) is 3.79. The predicted molar refractivity (Wildman–Crippen MR) is 37.9 cm³/mol. The molecule has 8 heavy (non-hydrogen) atoms. The zero-order valence-electron chi connectivity index (χ0n) is 4.60. The Hall–Kier alpha value is -0.610. The van der Waals surface area contributed by atoms with E-state index in [1.165, 1.54) is 0 Å². The van der Waals surface area contributed by atoms with Gasteiger partial charge < -0.3 is 0 Å². The number of rotatable bonds is 0. The summed E-state index contributed by atoms with van der Waals surface area (Å²) in [4.78, 5) is 0.843. The molecular weight excluding hydrogens is 116 g/mol. The maximum absolute atomic E-state index is 4.04. The molecule has 0 fully saturated rings. The van der Waals surface area contributed by atoms with Gasteiger partial charge >= 0.3 is 0 Å². The van der Waals surface area contributed by atoms with E-state index in [-0.39, 0.29) is 0 Å². The van der Waals surface area contributed by atoms with Crippen molar-refractivity contribution < 1.29 is 0 Å². The Morgan fingerprint density at radius 3 is 2.50 bits per heavy atom. The third-order valence-electron chi connectivity index (χ3n) is 0.879. The maximum atomic E-state index is 4.04. The summed E-state index contributed by atoms with van der Waals surface area (Å²) in [5, 5.41) is 0. The molecule has 0 spiro atoms. The SMILES string of the molecule is CC1=C=C=C(S)C=C1. The molecule has 1 aliphatic rings. The highest BCUT2D eigenvalue weighted by atomic mass is 32.1. The van der Waals surface area contributed by atoms with Crippen molar-refractivity contribution in [3.8, 4) is 0 Å². The second-order valence-electron chi connectivity index (χ2n) is 1.65. The van der Waals surface area contributed by atoms with Crippen LogP contribution in [0.15, 0.2) is 34.1 Å². The number of thiol groups is 1. The molecule has 0 nitrogen and oxygen atoms in total. The highest BCUT2D eigenvalue weighted by Crippen LogP contribution is 2.05. The van der Waals surface area contributed by atoms with Gasteiger partial charge in [-0.25, -0.2) is 0 Å². The van der Waals surface area contributed by atoms with Gasteiger partial charge in [-0.3, -0.25) is 0 Å². The molecule has 0 unspecified atom stereocenters. The lowest BCUT2D eigenvalue weighted by Crippen LogP contribution is -1.67. The summed E-state index contributed by atoms with van der Waals surface area (Å²) in [5.41, 5.74) is 6.84. The molecule has 0 heterocycles. The Balaban J connectivity index is 3.19. The Bertz CT molecular complexity index is 197. The minimum absolute atomic E-state index is 0.843. The van der Waals surface area contributed by atoms with Gasteiger partial charge in [-0.1, -0.05) is 11.5 Å². The standard InChI is InChI=1S/C7H6S/c1-6-2-4-7(8)5-3-6/h2,4,8H,1H3. The molecule has 1 heteroatoms. The van der Waals surface area contributed by atoms with Crippen LogP contribution >= 0.6 is 12.6 Å². The van der Waals surface area contributed by atoms with Crippen molar-refractivity contribution in [1.29, 1.82) is 0 Å². The molecule has 0 aromatic heterocycles. The fourth-order valence-corrected chi connectivity index (χ4v) is 0.580. The van der Waals surface area contributed by atoms with Gasteiger partial charge in [0.25, 0.3) is 0 Å². The van der Waals surface area contributed by atoms with E-state index < -0.39 is 0 Å². The molecule has 0 radical (unpaired) electrons. The van der Waals surface area contributed by atoms with Crippen LogP contribution in [0.5, 0.6) is 0 Å². The van der Waals surface area contributed by atoms with Crippen molar-refractivity contribution in [3.63, 3.8) is 0 Å². The van der Waals surface area contributed by atoms with Gasteiger partial charge in [0.1, 0.15) is 0 Å². The fourth-order valence-electron chi connectivity index (χ4n) is 0.450. The minimum Gasteiger partial charge on any atom is -0.135 e. The van der Waals surface area contributed by atoms with Crippen molar-refractivity contribution in [2.45, 2.75) is 6.92 Å². The summed E-state index contributed by atoms with van der Waals surface area (Å²) in [6, 6.07) is 0. The molecular formula is C7H6S. The third-order valence-corrected chi connectivity index (χ3v) is 1.14. The molecule has 0 saturated carbocycles. The van der Waals surface area contributed by atoms with Crippen LogP contribution in [0.2, 0.25) is 0 Å². The topological polar surface area (TPSA) is 0 Å². The minimum atomic E-state index is 0.843. The summed E-state index contributed by atoms with van der Waals surface area (Å²) < 4.78 is 0. The maximum Gasteiger partial charge on any atom is 0.0546 e. The van der Waals surface area contributed by atoms with Gasteiger partial charge in [0.2, 0.25) is 0 Å². The van der Waals surface area contributed by atoms with Crippen LogP contribution in [-0.4, -0.2) is 0 Å². The van der Waals surface area contributed by atoms with Gasteiger partial charge in [0, 0.05) is 0 Å². The Morgan fingerprint density at radius 2 is 2.12 bits per heavy atom. The van der Waals surface area contributed by atoms with E-state index in [0.29, 0.717) is 0 Å². The first-order valence-corrected chi connectivity index (χ1v) is 2.83. The van der Waals surface area contributed by atoms with Crippen LogP contribution in [0.3, 0.4) is 0 Å². The van der Waals surface area contributed by atoms with E-state index in [4.69, 9.17) is 0 Å². The first-order valence-electron chi connectivity index (χ1n) is 2.38. The smallest absolute Gasteiger partial charge is 0.0546 e. The summed E-state index contributed by atoms with van der Waals surface area (Å²) in [7, 11) is 0. The van der Waals surface area contributed by atoms with Gasteiger partial charge in [-0.05, 0) is 24.6 Å². The van der Waals surface area contributed by atoms with E-state index in [0.717, 1.165) is 10.5 Å². The largest absolute Gasteiger partial charge is 0.135 e. The van der Waals surface area contributed by atoms with Crippen molar-refractivity contribution in [1.82, 2.24) is 0 Å². The van der Waals surface area contributed by atoms with Gasteiger partial charge in [0.15, 0.2) is 0 Å². The zero-order chi connectivity index (χ0) is 5.98. The molecule has 0 atom stereocenters. The number of hydrogen-bond acceptors (Lipinski definition) is 1. The Morgan fingerprint density at radius 1 is 1.38 bits per heavy atom. The summed E-state index contributed by atoms with van der Waals surface area (Å²) in [6.45, 7) is 1.98. The lowest BCUT2D eigenvalue weighted by atomic mass is 10.2. The Labute approximate surface area is 54.3 Å². The first kappa shape index (κ1) is 5.53. The average Bonchev–Trinajstić information content (AvgIpc) is 1.77.